The van der Waals surface area contributed by atoms with Gasteiger partial charge in [0, 0.05) is 59.2 Å². The molecule has 0 atom stereocenters. The number of fused-ring (bicyclic) bond motifs is 12. The smallest absolute Gasteiger partial charge is 0.264 e. The lowest BCUT2D eigenvalue weighted by Crippen LogP contribution is -2.61. The summed E-state index contributed by atoms with van der Waals surface area (Å²) in [6.07, 6.45) is 2.38. The van der Waals surface area contributed by atoms with Crippen molar-refractivity contribution in [2.75, 3.05) is 9.80 Å². The fraction of sp³-hybridized carbons (Fsp3) is 0.315. The second kappa shape index (κ2) is 16.2. The van der Waals surface area contributed by atoms with Crippen LogP contribution in [-0.2, 0) is 32.5 Å². The summed E-state index contributed by atoms with van der Waals surface area (Å²) in [7, 11) is 0. The van der Waals surface area contributed by atoms with Crippen LogP contribution >= 0.6 is 11.3 Å². The molecule has 14 rings (SSSR count). The first kappa shape index (κ1) is 49.5. The fourth-order valence-electron chi connectivity index (χ4n) is 14.5. The molecule has 4 heterocycles. The summed E-state index contributed by atoms with van der Waals surface area (Å²) in [6.45, 7) is 36.1. The van der Waals surface area contributed by atoms with E-state index in [0.29, 0.717) is 0 Å². The van der Waals surface area contributed by atoms with Crippen LogP contribution in [0, 0.1) is 6.92 Å². The molecule has 2 aliphatic carbocycles. The maximum Gasteiger partial charge on any atom is 0.264 e. The Balaban J connectivity index is 1.07. The molecule has 2 aromatic heterocycles. The minimum Gasteiger partial charge on any atom is -0.454 e. The van der Waals surface area contributed by atoms with E-state index in [4.69, 9.17) is 4.42 Å². The Labute approximate surface area is 467 Å². The monoisotopic (exact) mass is 1040 g/mol. The summed E-state index contributed by atoms with van der Waals surface area (Å²) < 4.78 is 9.77. The molecular formula is C73H73BN2OS. The molecular weight excluding hydrogens is 964 g/mol. The first-order valence-corrected chi connectivity index (χ1v) is 29.5. The number of furan rings is 1. The van der Waals surface area contributed by atoms with E-state index in [2.05, 4.69) is 259 Å². The fourth-order valence-corrected chi connectivity index (χ4v) is 15.8. The second-order valence-electron chi connectivity index (χ2n) is 28.1. The summed E-state index contributed by atoms with van der Waals surface area (Å²) in [5, 5.41) is 3.59. The number of hydrogen-bond donors (Lipinski definition) is 0. The van der Waals surface area contributed by atoms with E-state index in [9.17, 15) is 0 Å². The lowest BCUT2D eigenvalue weighted by atomic mass is 9.35. The average molecular weight is 1040 g/mol. The Hall–Kier alpha value is -6.82. The summed E-state index contributed by atoms with van der Waals surface area (Å²) >= 11 is 1.99. The predicted molar refractivity (Wildman–Crippen MR) is 337 cm³/mol. The molecule has 78 heavy (non-hydrogen) atoms. The number of hydrogen-bond acceptors (Lipinski definition) is 4. The van der Waals surface area contributed by atoms with Crippen LogP contribution < -0.4 is 25.5 Å². The van der Waals surface area contributed by atoms with E-state index < -0.39 is 0 Å². The molecule has 0 fully saturated rings. The normalized spacial score (nSPS) is 17.4. The maximum absolute atomic E-state index is 7.06. The van der Waals surface area contributed by atoms with Gasteiger partial charge in [-0.05, 0) is 168 Å². The van der Waals surface area contributed by atoms with Crippen molar-refractivity contribution in [3.05, 3.63) is 196 Å². The van der Waals surface area contributed by atoms with Gasteiger partial charge in [-0.2, -0.15) is 0 Å². The van der Waals surface area contributed by atoms with Crippen molar-refractivity contribution >= 4 is 99.9 Å². The van der Waals surface area contributed by atoms with Gasteiger partial charge in [0.15, 0.2) is 5.58 Å². The van der Waals surface area contributed by atoms with Gasteiger partial charge in [-0.3, -0.25) is 0 Å². The SMILES string of the molecule is Cc1cc2c3c(c1)N(c1cccc4c1oc1ccccc14)c1cc4c(cc1B3c1sc3ccc(C(C)(C)C)cc3c1N2c1ccc(-c2ccc(C(C)(C)C)cc2)cc1)C(C)(C)c1cc2c(cc1C4(C)C)C(C)(C)CCC2(C)C. The van der Waals surface area contributed by atoms with Gasteiger partial charge in [-0.1, -0.05) is 188 Å². The first-order chi connectivity index (χ1) is 36.8. The van der Waals surface area contributed by atoms with Crippen LogP contribution in [0.4, 0.5) is 34.1 Å². The summed E-state index contributed by atoms with van der Waals surface area (Å²) in [5.74, 6) is 0. The summed E-state index contributed by atoms with van der Waals surface area (Å²) in [6, 6.07) is 56.8. The van der Waals surface area contributed by atoms with Gasteiger partial charge in [0.1, 0.15) is 5.58 Å². The Morgan fingerprint density at radius 2 is 1.04 bits per heavy atom. The molecule has 0 N–H and O–H groups in total. The van der Waals surface area contributed by atoms with E-state index in [0.717, 1.165) is 33.3 Å². The number of aryl methyl sites for hydroxylation is 1. The van der Waals surface area contributed by atoms with Gasteiger partial charge in [-0.15, -0.1) is 11.3 Å². The highest BCUT2D eigenvalue weighted by atomic mass is 32.1. The minimum absolute atomic E-state index is 0.0259. The number of para-hydroxylation sites is 2. The third-order valence-electron chi connectivity index (χ3n) is 19.3. The topological polar surface area (TPSA) is 19.6 Å². The van der Waals surface area contributed by atoms with Crippen molar-refractivity contribution < 1.29 is 4.42 Å². The molecule has 390 valence electrons. The van der Waals surface area contributed by atoms with Gasteiger partial charge in [0.05, 0.1) is 11.4 Å². The van der Waals surface area contributed by atoms with Crippen molar-refractivity contribution in [1.82, 2.24) is 0 Å². The molecule has 0 spiro atoms. The quantitative estimate of drug-likeness (QED) is 0.164. The van der Waals surface area contributed by atoms with E-state index in [1.807, 2.05) is 11.3 Å². The molecule has 0 unspecified atom stereocenters. The zero-order valence-electron chi connectivity index (χ0n) is 48.6. The lowest BCUT2D eigenvalue weighted by molar-refractivity contribution is 0.329. The highest BCUT2D eigenvalue weighted by Crippen LogP contribution is 2.57. The van der Waals surface area contributed by atoms with Crippen LogP contribution in [0.25, 0.3) is 43.2 Å². The van der Waals surface area contributed by atoms with E-state index in [-0.39, 0.29) is 39.2 Å². The minimum atomic E-state index is -0.284. The van der Waals surface area contributed by atoms with Crippen LogP contribution in [-0.4, -0.2) is 6.71 Å². The largest absolute Gasteiger partial charge is 0.454 e. The number of anilines is 6. The van der Waals surface area contributed by atoms with Crippen LogP contribution in [0.3, 0.4) is 0 Å². The molecule has 5 heteroatoms. The standard InChI is InChI=1S/C73H73BN2OS/c1-42-35-60-64-61(36-42)76(58-21-18-20-49-48-19-16-17-22-62(48)77-66(49)58)59-41-56-55(72(12,13)53-38-51-52(39-54(53)73(56,14)15)71(10,11)34-33-70(51,8)9)40-57(59)74(64)67-65(50-37-46(69(5,6)7)29-32-63(50)78-67)75(60)47-30-25-44(26-31-47)43-23-27-45(28-24-43)68(2,3)4/h16-32,35-41H,33-34H2,1-15H3. The van der Waals surface area contributed by atoms with Crippen LogP contribution in [0.1, 0.15) is 160 Å². The summed E-state index contributed by atoms with van der Waals surface area (Å²) in [5.41, 5.74) is 26.6. The molecule has 8 aromatic carbocycles. The highest BCUT2D eigenvalue weighted by Gasteiger charge is 2.51. The van der Waals surface area contributed by atoms with E-state index in [1.165, 1.54) is 123 Å². The molecule has 10 aromatic rings. The molecule has 0 saturated heterocycles. The molecule has 0 saturated carbocycles. The number of benzene rings is 8. The van der Waals surface area contributed by atoms with Gasteiger partial charge in [0.25, 0.3) is 6.71 Å². The Kier molecular flexibility index (Phi) is 10.3. The third-order valence-corrected chi connectivity index (χ3v) is 20.6. The lowest BCUT2D eigenvalue weighted by Gasteiger charge is -2.50. The zero-order chi connectivity index (χ0) is 54.5. The maximum atomic E-state index is 7.06. The van der Waals surface area contributed by atoms with Gasteiger partial charge < -0.3 is 14.2 Å². The number of thiophene rings is 1. The Morgan fingerprint density at radius 3 is 1.67 bits per heavy atom. The van der Waals surface area contributed by atoms with Crippen LogP contribution in [0.2, 0.25) is 0 Å². The number of rotatable bonds is 3. The van der Waals surface area contributed by atoms with Crippen molar-refractivity contribution in [1.29, 1.82) is 0 Å². The zero-order valence-corrected chi connectivity index (χ0v) is 49.4. The van der Waals surface area contributed by atoms with E-state index in [1.54, 1.807) is 0 Å². The Morgan fingerprint density at radius 1 is 0.487 bits per heavy atom. The second-order valence-corrected chi connectivity index (χ2v) is 29.2. The van der Waals surface area contributed by atoms with Gasteiger partial charge >= 0.3 is 0 Å². The molecule has 3 nitrogen and oxygen atoms in total. The van der Waals surface area contributed by atoms with Gasteiger partial charge in [-0.25, -0.2) is 0 Å². The molecule has 0 amide bonds. The van der Waals surface area contributed by atoms with Crippen LogP contribution in [0.15, 0.2) is 150 Å². The van der Waals surface area contributed by atoms with Crippen molar-refractivity contribution in [3.8, 4) is 11.1 Å². The van der Waals surface area contributed by atoms with Crippen molar-refractivity contribution in [2.45, 2.75) is 149 Å². The number of nitrogens with zero attached hydrogens (tertiary/aromatic N) is 2. The highest BCUT2D eigenvalue weighted by molar-refractivity contribution is 7.33. The summed E-state index contributed by atoms with van der Waals surface area (Å²) in [4.78, 5) is 5.24. The van der Waals surface area contributed by atoms with E-state index >= 15 is 0 Å². The first-order valence-electron chi connectivity index (χ1n) is 28.6. The Bertz CT molecular complexity index is 4180. The molecule has 4 aliphatic rings. The molecule has 0 bridgehead atoms. The third kappa shape index (κ3) is 7.01. The molecule has 0 radical (unpaired) electrons. The predicted octanol–water partition coefficient (Wildman–Crippen LogP) is 18.8. The molecule has 2 aliphatic heterocycles. The van der Waals surface area contributed by atoms with Gasteiger partial charge in [0.2, 0.25) is 0 Å². The van der Waals surface area contributed by atoms with Crippen LogP contribution in [0.5, 0.6) is 0 Å². The van der Waals surface area contributed by atoms with Crippen molar-refractivity contribution in [3.63, 3.8) is 0 Å². The van der Waals surface area contributed by atoms with Crippen molar-refractivity contribution in [2.24, 2.45) is 0 Å². The average Bonchev–Trinajstić information content (AvgIpc) is 4.10.